The van der Waals surface area contributed by atoms with Gasteiger partial charge >= 0.3 is 0 Å². The molecule has 126 valence electrons. The van der Waals surface area contributed by atoms with Crippen molar-refractivity contribution in [2.45, 2.75) is 84.5 Å². The molecule has 3 heteroatoms. The Morgan fingerprint density at radius 1 is 0.810 bits per heavy atom. The van der Waals surface area contributed by atoms with Crippen LogP contribution in [-0.2, 0) is 9.53 Å². The van der Waals surface area contributed by atoms with Crippen molar-refractivity contribution in [3.8, 4) is 0 Å². The summed E-state index contributed by atoms with van der Waals surface area (Å²) in [6.07, 6.45) is 14.6. The van der Waals surface area contributed by atoms with Gasteiger partial charge < -0.3 is 9.64 Å². The smallest absolute Gasteiger partial charge is 0.219 e. The van der Waals surface area contributed by atoms with E-state index in [1.165, 1.54) is 64.2 Å². The number of carbonyl (C=O) groups is 1. The van der Waals surface area contributed by atoms with E-state index in [1.807, 2.05) is 7.05 Å². The first-order valence-electron chi connectivity index (χ1n) is 8.98. The van der Waals surface area contributed by atoms with E-state index < -0.39 is 0 Å². The first kappa shape index (κ1) is 20.4. The standard InChI is InChI=1S/C18H37NO2/c1-4-5-6-7-8-9-10-11-12-13-16-21-17-14-15-19(3)18(2)20/h4-17H2,1-3H3. The molecule has 0 aromatic carbocycles. The van der Waals surface area contributed by atoms with Crippen LogP contribution in [0.15, 0.2) is 0 Å². The minimum absolute atomic E-state index is 0.129. The van der Waals surface area contributed by atoms with E-state index in [0.717, 1.165) is 26.2 Å². The van der Waals surface area contributed by atoms with E-state index in [-0.39, 0.29) is 5.91 Å². The van der Waals surface area contributed by atoms with Crippen molar-refractivity contribution in [2.24, 2.45) is 0 Å². The van der Waals surface area contributed by atoms with E-state index in [2.05, 4.69) is 6.92 Å². The Bertz CT molecular complexity index is 231. The molecule has 0 heterocycles. The van der Waals surface area contributed by atoms with Crippen molar-refractivity contribution in [1.29, 1.82) is 0 Å². The molecule has 21 heavy (non-hydrogen) atoms. The van der Waals surface area contributed by atoms with E-state index >= 15 is 0 Å². The van der Waals surface area contributed by atoms with Crippen LogP contribution in [0.3, 0.4) is 0 Å². The lowest BCUT2D eigenvalue weighted by atomic mass is 10.1. The quantitative estimate of drug-likeness (QED) is 0.407. The summed E-state index contributed by atoms with van der Waals surface area (Å²) in [6, 6.07) is 0. The minimum Gasteiger partial charge on any atom is -0.381 e. The zero-order valence-electron chi connectivity index (χ0n) is 14.7. The predicted octanol–water partition coefficient (Wildman–Crippen LogP) is 4.79. The fraction of sp³-hybridized carbons (Fsp3) is 0.944. The summed E-state index contributed by atoms with van der Waals surface area (Å²) in [5.74, 6) is 0.129. The second kappa shape index (κ2) is 15.8. The van der Waals surface area contributed by atoms with Gasteiger partial charge in [0.15, 0.2) is 0 Å². The predicted molar refractivity (Wildman–Crippen MR) is 90.6 cm³/mol. The van der Waals surface area contributed by atoms with Crippen LogP contribution < -0.4 is 0 Å². The normalized spacial score (nSPS) is 10.8. The van der Waals surface area contributed by atoms with Crippen LogP contribution >= 0.6 is 0 Å². The monoisotopic (exact) mass is 299 g/mol. The molecule has 0 fully saturated rings. The molecule has 0 saturated carbocycles. The largest absolute Gasteiger partial charge is 0.381 e. The van der Waals surface area contributed by atoms with Gasteiger partial charge in [-0.25, -0.2) is 0 Å². The van der Waals surface area contributed by atoms with Gasteiger partial charge in [0.05, 0.1) is 0 Å². The summed E-state index contributed by atoms with van der Waals surface area (Å²) in [5.41, 5.74) is 0. The highest BCUT2D eigenvalue weighted by Gasteiger charge is 2.00. The van der Waals surface area contributed by atoms with E-state index in [1.54, 1.807) is 11.8 Å². The van der Waals surface area contributed by atoms with Gasteiger partial charge in [-0.15, -0.1) is 0 Å². The molecule has 0 aliphatic heterocycles. The van der Waals surface area contributed by atoms with Gasteiger partial charge in [0.2, 0.25) is 5.91 Å². The highest BCUT2D eigenvalue weighted by molar-refractivity contribution is 5.72. The zero-order valence-corrected chi connectivity index (χ0v) is 14.7. The number of rotatable bonds is 15. The molecule has 3 nitrogen and oxygen atoms in total. The Morgan fingerprint density at radius 2 is 1.29 bits per heavy atom. The molecule has 0 bridgehead atoms. The van der Waals surface area contributed by atoms with Crippen LogP contribution in [0.1, 0.15) is 84.5 Å². The first-order valence-corrected chi connectivity index (χ1v) is 8.98. The van der Waals surface area contributed by atoms with Crippen LogP contribution in [0.25, 0.3) is 0 Å². The highest BCUT2D eigenvalue weighted by atomic mass is 16.5. The molecular formula is C18H37NO2. The number of ether oxygens (including phenoxy) is 1. The number of carbonyl (C=O) groups excluding carboxylic acids is 1. The van der Waals surface area contributed by atoms with Crippen LogP contribution in [0.5, 0.6) is 0 Å². The second-order valence-electron chi connectivity index (χ2n) is 6.09. The Hall–Kier alpha value is -0.570. The molecule has 0 saturated heterocycles. The maximum atomic E-state index is 11.0. The lowest BCUT2D eigenvalue weighted by Crippen LogP contribution is -2.25. The summed E-state index contributed by atoms with van der Waals surface area (Å²) in [4.78, 5) is 12.7. The van der Waals surface area contributed by atoms with Gasteiger partial charge in [-0.3, -0.25) is 4.79 Å². The molecule has 1 amide bonds. The van der Waals surface area contributed by atoms with Crippen molar-refractivity contribution in [2.75, 3.05) is 26.8 Å². The molecule has 0 aliphatic carbocycles. The molecule has 0 atom stereocenters. The summed E-state index contributed by atoms with van der Waals surface area (Å²) in [7, 11) is 1.84. The third-order valence-electron chi connectivity index (χ3n) is 3.96. The third-order valence-corrected chi connectivity index (χ3v) is 3.96. The van der Waals surface area contributed by atoms with E-state index in [4.69, 9.17) is 4.74 Å². The van der Waals surface area contributed by atoms with Crippen LogP contribution in [0.2, 0.25) is 0 Å². The summed E-state index contributed by atoms with van der Waals surface area (Å²) < 4.78 is 5.60. The van der Waals surface area contributed by atoms with Gasteiger partial charge in [0.1, 0.15) is 0 Å². The average Bonchev–Trinajstić information content (AvgIpc) is 2.47. The summed E-state index contributed by atoms with van der Waals surface area (Å²) in [6.45, 7) is 6.32. The molecule has 0 rings (SSSR count). The number of nitrogens with zero attached hydrogens (tertiary/aromatic N) is 1. The highest BCUT2D eigenvalue weighted by Crippen LogP contribution is 2.10. The van der Waals surface area contributed by atoms with Crippen molar-refractivity contribution < 1.29 is 9.53 Å². The molecule has 0 aliphatic rings. The van der Waals surface area contributed by atoms with Crippen LogP contribution in [-0.4, -0.2) is 37.6 Å². The zero-order chi connectivity index (χ0) is 15.8. The Balaban J connectivity index is 3.04. The molecule has 0 aromatic rings. The van der Waals surface area contributed by atoms with Crippen LogP contribution in [0, 0.1) is 0 Å². The molecule has 0 spiro atoms. The van der Waals surface area contributed by atoms with Crippen molar-refractivity contribution in [3.63, 3.8) is 0 Å². The number of unbranched alkanes of at least 4 members (excludes halogenated alkanes) is 9. The Kier molecular flexibility index (Phi) is 15.4. The van der Waals surface area contributed by atoms with Crippen molar-refractivity contribution in [1.82, 2.24) is 4.90 Å². The maximum absolute atomic E-state index is 11.0. The molecule has 0 aromatic heterocycles. The summed E-state index contributed by atoms with van der Waals surface area (Å²) in [5, 5.41) is 0. The second-order valence-corrected chi connectivity index (χ2v) is 6.09. The molecule has 0 unspecified atom stereocenters. The fourth-order valence-electron chi connectivity index (χ4n) is 2.35. The Labute approximate surface area is 132 Å². The van der Waals surface area contributed by atoms with Crippen molar-refractivity contribution >= 4 is 5.91 Å². The SMILES string of the molecule is CCCCCCCCCCCCOCCCN(C)C(C)=O. The summed E-state index contributed by atoms with van der Waals surface area (Å²) >= 11 is 0. The average molecular weight is 299 g/mol. The lowest BCUT2D eigenvalue weighted by molar-refractivity contribution is -0.127. The van der Waals surface area contributed by atoms with Gasteiger partial charge in [0, 0.05) is 33.7 Å². The maximum Gasteiger partial charge on any atom is 0.219 e. The topological polar surface area (TPSA) is 29.5 Å². The Morgan fingerprint density at radius 3 is 1.81 bits per heavy atom. The van der Waals surface area contributed by atoms with Crippen molar-refractivity contribution in [3.05, 3.63) is 0 Å². The van der Waals surface area contributed by atoms with Gasteiger partial charge in [0.25, 0.3) is 0 Å². The number of amides is 1. The van der Waals surface area contributed by atoms with Gasteiger partial charge in [-0.05, 0) is 12.8 Å². The molecule has 0 radical (unpaired) electrons. The third kappa shape index (κ3) is 15.6. The van der Waals surface area contributed by atoms with E-state index in [9.17, 15) is 4.79 Å². The lowest BCUT2D eigenvalue weighted by Gasteiger charge is -2.14. The molecule has 0 N–H and O–H groups in total. The molecular weight excluding hydrogens is 262 g/mol. The van der Waals surface area contributed by atoms with Crippen LogP contribution in [0.4, 0.5) is 0 Å². The number of hydrogen-bond acceptors (Lipinski definition) is 2. The number of hydrogen-bond donors (Lipinski definition) is 0. The fourth-order valence-corrected chi connectivity index (χ4v) is 2.35. The minimum atomic E-state index is 0.129. The van der Waals surface area contributed by atoms with Gasteiger partial charge in [-0.2, -0.15) is 0 Å². The van der Waals surface area contributed by atoms with E-state index in [0.29, 0.717) is 0 Å². The first-order chi connectivity index (χ1) is 10.2. The van der Waals surface area contributed by atoms with Gasteiger partial charge in [-0.1, -0.05) is 64.7 Å².